The summed E-state index contributed by atoms with van der Waals surface area (Å²) in [4.78, 5) is 22.6. The molecule has 0 aromatic carbocycles. The minimum atomic E-state index is -0.591. The van der Waals surface area contributed by atoms with Crippen molar-refractivity contribution in [3.05, 3.63) is 23.2 Å². The molecular weight excluding hydrogens is 260 g/mol. The van der Waals surface area contributed by atoms with Gasteiger partial charge >= 0.3 is 6.01 Å². The van der Waals surface area contributed by atoms with Crippen molar-refractivity contribution in [1.29, 1.82) is 0 Å². The lowest BCUT2D eigenvalue weighted by Gasteiger charge is -2.03. The first-order valence-corrected chi connectivity index (χ1v) is 5.37. The lowest BCUT2D eigenvalue weighted by molar-refractivity contribution is 0.100. The van der Waals surface area contributed by atoms with Crippen LogP contribution in [0.15, 0.2) is 12.4 Å². The Morgan fingerprint density at radius 3 is 2.89 bits per heavy atom. The first-order valence-electron chi connectivity index (χ1n) is 4.99. The highest BCUT2D eigenvalue weighted by atomic mass is 35.5. The molecule has 0 aliphatic rings. The van der Waals surface area contributed by atoms with Crippen molar-refractivity contribution in [2.45, 2.75) is 6.92 Å². The molecule has 2 aromatic rings. The van der Waals surface area contributed by atoms with E-state index in [4.69, 9.17) is 22.1 Å². The third-order valence-electron chi connectivity index (χ3n) is 1.92. The van der Waals surface area contributed by atoms with Crippen molar-refractivity contribution >= 4 is 17.5 Å². The third-order valence-corrected chi connectivity index (χ3v) is 2.09. The Morgan fingerprint density at radius 2 is 2.28 bits per heavy atom. The van der Waals surface area contributed by atoms with Gasteiger partial charge in [0.15, 0.2) is 0 Å². The molecule has 0 saturated carbocycles. The summed E-state index contributed by atoms with van der Waals surface area (Å²) in [5.74, 6) is -0.447. The summed E-state index contributed by atoms with van der Waals surface area (Å²) in [5, 5.41) is 3.87. The predicted molar refractivity (Wildman–Crippen MR) is 61.6 cm³/mol. The molecular formula is C9H9ClN6O2. The summed E-state index contributed by atoms with van der Waals surface area (Å²) in [6.45, 7) is 2.18. The Balaban J connectivity index is 2.39. The van der Waals surface area contributed by atoms with Crippen LogP contribution in [0.4, 0.5) is 0 Å². The second-order valence-corrected chi connectivity index (χ2v) is 3.50. The average Bonchev–Trinajstić information content (AvgIpc) is 2.78. The van der Waals surface area contributed by atoms with Gasteiger partial charge < -0.3 is 10.5 Å². The number of hydrogen-bond acceptors (Lipinski definition) is 6. The Hall–Kier alpha value is -2.22. The molecule has 18 heavy (non-hydrogen) atoms. The van der Waals surface area contributed by atoms with E-state index in [1.54, 1.807) is 6.92 Å². The van der Waals surface area contributed by atoms with Crippen LogP contribution in [-0.4, -0.2) is 37.2 Å². The molecule has 0 saturated heterocycles. The Kier molecular flexibility index (Phi) is 3.38. The van der Waals surface area contributed by atoms with Crippen molar-refractivity contribution in [1.82, 2.24) is 24.7 Å². The van der Waals surface area contributed by atoms with Gasteiger partial charge in [-0.3, -0.25) is 4.79 Å². The van der Waals surface area contributed by atoms with Gasteiger partial charge in [-0.05, 0) is 18.5 Å². The van der Waals surface area contributed by atoms with Crippen molar-refractivity contribution in [3.8, 4) is 12.0 Å². The lowest BCUT2D eigenvalue weighted by Crippen LogP contribution is -2.10. The van der Waals surface area contributed by atoms with Crippen LogP contribution in [0, 0.1) is 0 Å². The number of aromatic nitrogens is 5. The molecule has 0 aliphatic heterocycles. The molecule has 0 bridgehead atoms. The summed E-state index contributed by atoms with van der Waals surface area (Å²) in [7, 11) is 0. The fourth-order valence-electron chi connectivity index (χ4n) is 1.18. The summed E-state index contributed by atoms with van der Waals surface area (Å²) >= 11 is 5.73. The predicted octanol–water partition coefficient (Wildman–Crippen LogP) is 0.208. The monoisotopic (exact) mass is 268 g/mol. The van der Waals surface area contributed by atoms with E-state index >= 15 is 0 Å². The van der Waals surface area contributed by atoms with Gasteiger partial charge in [-0.1, -0.05) is 0 Å². The van der Waals surface area contributed by atoms with Crippen LogP contribution in [-0.2, 0) is 0 Å². The van der Waals surface area contributed by atoms with Crippen molar-refractivity contribution in [2.75, 3.05) is 6.61 Å². The highest BCUT2D eigenvalue weighted by Gasteiger charge is 2.11. The molecule has 94 valence electrons. The van der Waals surface area contributed by atoms with E-state index in [0.29, 0.717) is 6.61 Å². The SMILES string of the molecule is CCOc1nc(Cl)nc(-n2cc(C(N)=O)cn2)n1. The molecule has 2 aromatic heterocycles. The molecule has 2 N–H and O–H groups in total. The van der Waals surface area contributed by atoms with Gasteiger partial charge in [0, 0.05) is 6.20 Å². The molecule has 2 rings (SSSR count). The molecule has 0 atom stereocenters. The second kappa shape index (κ2) is 4.96. The maximum atomic E-state index is 10.9. The van der Waals surface area contributed by atoms with Crippen LogP contribution >= 0.6 is 11.6 Å². The fraction of sp³-hybridized carbons (Fsp3) is 0.222. The smallest absolute Gasteiger partial charge is 0.322 e. The van der Waals surface area contributed by atoms with Gasteiger partial charge in [-0.2, -0.15) is 20.1 Å². The average molecular weight is 269 g/mol. The van der Waals surface area contributed by atoms with E-state index in [1.807, 2.05) is 0 Å². The number of amides is 1. The Morgan fingerprint density at radius 1 is 1.50 bits per heavy atom. The zero-order chi connectivity index (χ0) is 13.1. The van der Waals surface area contributed by atoms with Crippen LogP contribution in [0.5, 0.6) is 6.01 Å². The van der Waals surface area contributed by atoms with E-state index < -0.39 is 5.91 Å². The topological polar surface area (TPSA) is 109 Å². The quantitative estimate of drug-likeness (QED) is 0.849. The molecule has 0 radical (unpaired) electrons. The van der Waals surface area contributed by atoms with Crippen LogP contribution < -0.4 is 10.5 Å². The minimum absolute atomic E-state index is 0.0282. The number of nitrogens with zero attached hydrogens (tertiary/aromatic N) is 5. The van der Waals surface area contributed by atoms with Gasteiger partial charge in [-0.15, -0.1) is 0 Å². The Bertz CT molecular complexity index is 584. The molecule has 1 amide bonds. The van der Waals surface area contributed by atoms with E-state index in [1.165, 1.54) is 17.1 Å². The van der Waals surface area contributed by atoms with Crippen molar-refractivity contribution < 1.29 is 9.53 Å². The van der Waals surface area contributed by atoms with Gasteiger partial charge in [0.05, 0.1) is 18.4 Å². The summed E-state index contributed by atoms with van der Waals surface area (Å²) < 4.78 is 6.38. The molecule has 2 heterocycles. The number of ether oxygens (including phenoxy) is 1. The first kappa shape index (κ1) is 12.2. The summed E-state index contributed by atoms with van der Waals surface area (Å²) in [5.41, 5.74) is 5.36. The highest BCUT2D eigenvalue weighted by Crippen LogP contribution is 2.11. The van der Waals surface area contributed by atoms with E-state index in [9.17, 15) is 4.79 Å². The second-order valence-electron chi connectivity index (χ2n) is 3.16. The molecule has 0 unspecified atom stereocenters. The molecule has 0 spiro atoms. The number of carbonyl (C=O) groups is 1. The summed E-state index contributed by atoms with van der Waals surface area (Å²) in [6.07, 6.45) is 2.70. The molecule has 0 aliphatic carbocycles. The van der Waals surface area contributed by atoms with Gasteiger partial charge in [-0.25, -0.2) is 4.68 Å². The number of primary amides is 1. The standard InChI is InChI=1S/C9H9ClN6O2/c1-2-18-9-14-7(10)13-8(15-9)16-4-5(3-12-16)6(11)17/h3-4H,2H2,1H3,(H2,11,17). The van der Waals surface area contributed by atoms with Gasteiger partial charge in [0.2, 0.25) is 5.28 Å². The molecule has 9 heteroatoms. The zero-order valence-corrected chi connectivity index (χ0v) is 10.1. The number of hydrogen-bond donors (Lipinski definition) is 1. The largest absolute Gasteiger partial charge is 0.464 e. The number of rotatable bonds is 4. The maximum Gasteiger partial charge on any atom is 0.322 e. The maximum absolute atomic E-state index is 10.9. The number of carbonyl (C=O) groups excluding carboxylic acids is 1. The van der Waals surface area contributed by atoms with Gasteiger partial charge in [0.1, 0.15) is 0 Å². The zero-order valence-electron chi connectivity index (χ0n) is 9.37. The lowest BCUT2D eigenvalue weighted by atomic mass is 10.4. The van der Waals surface area contributed by atoms with Crippen LogP contribution in [0.1, 0.15) is 17.3 Å². The number of halogens is 1. The van der Waals surface area contributed by atoms with Crippen LogP contribution in [0.2, 0.25) is 5.28 Å². The van der Waals surface area contributed by atoms with Crippen molar-refractivity contribution in [2.24, 2.45) is 5.73 Å². The van der Waals surface area contributed by atoms with Crippen molar-refractivity contribution in [3.63, 3.8) is 0 Å². The van der Waals surface area contributed by atoms with Crippen LogP contribution in [0.25, 0.3) is 5.95 Å². The first-order chi connectivity index (χ1) is 8.60. The third kappa shape index (κ3) is 2.54. The van der Waals surface area contributed by atoms with Crippen LogP contribution in [0.3, 0.4) is 0 Å². The highest BCUT2D eigenvalue weighted by molar-refractivity contribution is 6.28. The van der Waals surface area contributed by atoms with E-state index in [-0.39, 0.29) is 22.8 Å². The van der Waals surface area contributed by atoms with E-state index in [0.717, 1.165) is 0 Å². The summed E-state index contributed by atoms with van der Waals surface area (Å²) in [6, 6.07) is 0.0867. The number of nitrogens with two attached hydrogens (primary N) is 1. The molecule has 0 fully saturated rings. The van der Waals surface area contributed by atoms with E-state index in [2.05, 4.69) is 20.1 Å². The van der Waals surface area contributed by atoms with Gasteiger partial charge in [0.25, 0.3) is 11.9 Å². The normalized spacial score (nSPS) is 10.3. The minimum Gasteiger partial charge on any atom is -0.464 e. The fourth-order valence-corrected chi connectivity index (χ4v) is 1.33. The molecule has 8 nitrogen and oxygen atoms in total. The Labute approximate surface area is 107 Å².